The lowest BCUT2D eigenvalue weighted by atomic mass is 10.0. The minimum absolute atomic E-state index is 0.0588. The number of benzene rings is 1. The Morgan fingerprint density at radius 1 is 1.17 bits per heavy atom. The van der Waals surface area contributed by atoms with E-state index in [0.717, 1.165) is 17.7 Å². The summed E-state index contributed by atoms with van der Waals surface area (Å²) in [4.78, 5) is 18.0. The van der Waals surface area contributed by atoms with E-state index < -0.39 is 0 Å². The first-order chi connectivity index (χ1) is 8.75. The first kappa shape index (κ1) is 11.2. The summed E-state index contributed by atoms with van der Waals surface area (Å²) in [5.74, 6) is 0.703. The molecule has 0 radical (unpaired) electrons. The van der Waals surface area contributed by atoms with Crippen LogP contribution in [-0.2, 0) is 11.2 Å². The first-order valence-corrected chi connectivity index (χ1v) is 6.16. The van der Waals surface area contributed by atoms with Crippen LogP contribution in [0.2, 0.25) is 5.02 Å². The Balaban J connectivity index is 2.15. The second kappa shape index (κ2) is 4.42. The van der Waals surface area contributed by atoms with Crippen molar-refractivity contribution >= 4 is 29.0 Å². The van der Waals surface area contributed by atoms with Gasteiger partial charge in [-0.15, -0.1) is 0 Å². The molecule has 0 N–H and O–H groups in total. The summed E-state index contributed by atoms with van der Waals surface area (Å²) in [6.07, 6.45) is 2.95. The van der Waals surface area contributed by atoms with E-state index in [2.05, 4.69) is 4.98 Å². The lowest BCUT2D eigenvalue weighted by Crippen LogP contribution is -2.31. The molecule has 0 unspecified atom stereocenters. The van der Waals surface area contributed by atoms with Crippen molar-refractivity contribution in [1.82, 2.24) is 4.98 Å². The molecule has 0 fully saturated rings. The zero-order chi connectivity index (χ0) is 12.5. The van der Waals surface area contributed by atoms with E-state index in [1.165, 1.54) is 0 Å². The molecule has 90 valence electrons. The van der Waals surface area contributed by atoms with E-state index in [0.29, 0.717) is 17.3 Å². The molecule has 0 saturated heterocycles. The number of hydrogen-bond donors (Lipinski definition) is 0. The Labute approximate surface area is 110 Å². The quantitative estimate of drug-likeness (QED) is 0.786. The topological polar surface area (TPSA) is 33.2 Å². The number of aryl methyl sites for hydroxylation is 1. The number of halogens is 1. The number of carbonyl (C=O) groups excluding carboxylic acids is 1. The molecule has 0 bridgehead atoms. The van der Waals surface area contributed by atoms with Gasteiger partial charge >= 0.3 is 0 Å². The average Bonchev–Trinajstić information content (AvgIpc) is 2.39. The summed E-state index contributed by atoms with van der Waals surface area (Å²) in [6.45, 7) is 0. The highest BCUT2D eigenvalue weighted by molar-refractivity contribution is 6.31. The summed E-state index contributed by atoms with van der Waals surface area (Å²) in [7, 11) is 0. The van der Waals surface area contributed by atoms with Gasteiger partial charge in [-0.05, 0) is 36.2 Å². The summed E-state index contributed by atoms with van der Waals surface area (Å²) in [6, 6.07) is 11.2. The average molecular weight is 259 g/mol. The fourth-order valence-electron chi connectivity index (χ4n) is 2.18. The van der Waals surface area contributed by atoms with Crippen LogP contribution in [0, 0.1) is 0 Å². The number of pyridine rings is 1. The van der Waals surface area contributed by atoms with Crippen LogP contribution >= 0.6 is 11.6 Å². The molecule has 0 spiro atoms. The highest BCUT2D eigenvalue weighted by Crippen LogP contribution is 2.34. The van der Waals surface area contributed by atoms with E-state index in [4.69, 9.17) is 11.6 Å². The van der Waals surface area contributed by atoms with E-state index in [-0.39, 0.29) is 5.91 Å². The van der Waals surface area contributed by atoms with Gasteiger partial charge in [0.05, 0.1) is 5.69 Å². The van der Waals surface area contributed by atoms with Gasteiger partial charge in [0, 0.05) is 17.6 Å². The smallest absolute Gasteiger partial charge is 0.233 e. The largest absolute Gasteiger partial charge is 0.274 e. The minimum atomic E-state index is 0.0588. The van der Waals surface area contributed by atoms with Gasteiger partial charge in [0.25, 0.3) is 0 Å². The number of anilines is 2. The van der Waals surface area contributed by atoms with Crippen LogP contribution in [0.5, 0.6) is 0 Å². The van der Waals surface area contributed by atoms with Gasteiger partial charge in [0.2, 0.25) is 5.91 Å². The summed E-state index contributed by atoms with van der Waals surface area (Å²) < 4.78 is 0. The van der Waals surface area contributed by atoms with Crippen LogP contribution in [0.15, 0.2) is 42.6 Å². The van der Waals surface area contributed by atoms with Crippen LogP contribution in [0.25, 0.3) is 0 Å². The number of fused-ring (bicyclic) bond motifs is 1. The number of aromatic nitrogens is 1. The summed E-state index contributed by atoms with van der Waals surface area (Å²) >= 11 is 6.02. The standard InChI is InChI=1S/C14H11ClN2O/c15-11-6-4-10-5-7-14(18)17(12(10)9-11)13-3-1-2-8-16-13/h1-4,6,8-9H,5,7H2. The van der Waals surface area contributed by atoms with Crippen molar-refractivity contribution in [3.05, 3.63) is 53.2 Å². The van der Waals surface area contributed by atoms with E-state index in [1.54, 1.807) is 11.1 Å². The van der Waals surface area contributed by atoms with Crippen LogP contribution in [-0.4, -0.2) is 10.9 Å². The Bertz CT molecular complexity index is 598. The zero-order valence-corrected chi connectivity index (χ0v) is 10.4. The second-order valence-electron chi connectivity index (χ2n) is 4.19. The van der Waals surface area contributed by atoms with Crippen molar-refractivity contribution in [2.75, 3.05) is 4.90 Å². The number of rotatable bonds is 1. The third-order valence-corrected chi connectivity index (χ3v) is 3.26. The summed E-state index contributed by atoms with van der Waals surface area (Å²) in [5, 5.41) is 0.629. The third-order valence-electron chi connectivity index (χ3n) is 3.02. The normalized spacial score (nSPS) is 14.5. The highest BCUT2D eigenvalue weighted by atomic mass is 35.5. The predicted octanol–water partition coefficient (Wildman–Crippen LogP) is 3.35. The van der Waals surface area contributed by atoms with Crippen molar-refractivity contribution < 1.29 is 4.79 Å². The van der Waals surface area contributed by atoms with Gasteiger partial charge in [0.15, 0.2) is 0 Å². The molecule has 3 nitrogen and oxygen atoms in total. The maximum absolute atomic E-state index is 12.1. The molecule has 2 aromatic rings. The number of carbonyl (C=O) groups is 1. The third kappa shape index (κ3) is 1.87. The van der Waals surface area contributed by atoms with E-state index in [9.17, 15) is 4.79 Å². The zero-order valence-electron chi connectivity index (χ0n) is 9.64. The fourth-order valence-corrected chi connectivity index (χ4v) is 2.35. The molecule has 18 heavy (non-hydrogen) atoms. The van der Waals surface area contributed by atoms with Crippen LogP contribution in [0.4, 0.5) is 11.5 Å². The molecular weight excluding hydrogens is 248 g/mol. The maximum atomic E-state index is 12.1. The van der Waals surface area contributed by atoms with Crippen molar-refractivity contribution in [2.45, 2.75) is 12.8 Å². The summed E-state index contributed by atoms with van der Waals surface area (Å²) in [5.41, 5.74) is 1.97. The van der Waals surface area contributed by atoms with Gasteiger partial charge in [-0.3, -0.25) is 9.69 Å². The van der Waals surface area contributed by atoms with Gasteiger partial charge in [0.1, 0.15) is 5.82 Å². The molecule has 1 aliphatic rings. The Morgan fingerprint density at radius 3 is 2.83 bits per heavy atom. The van der Waals surface area contributed by atoms with Crippen LogP contribution in [0.1, 0.15) is 12.0 Å². The lowest BCUT2D eigenvalue weighted by Gasteiger charge is -2.28. The highest BCUT2D eigenvalue weighted by Gasteiger charge is 2.26. The molecule has 0 saturated carbocycles. The molecule has 1 amide bonds. The van der Waals surface area contributed by atoms with Gasteiger partial charge in [-0.2, -0.15) is 0 Å². The van der Waals surface area contributed by atoms with Crippen LogP contribution in [0.3, 0.4) is 0 Å². The van der Waals surface area contributed by atoms with Crippen LogP contribution < -0.4 is 4.90 Å². The minimum Gasteiger partial charge on any atom is -0.274 e. The van der Waals surface area contributed by atoms with Crippen molar-refractivity contribution in [3.8, 4) is 0 Å². The Hall–Kier alpha value is -1.87. The van der Waals surface area contributed by atoms with E-state index in [1.807, 2.05) is 36.4 Å². The monoisotopic (exact) mass is 258 g/mol. The van der Waals surface area contributed by atoms with Gasteiger partial charge in [-0.1, -0.05) is 23.7 Å². The van der Waals surface area contributed by atoms with E-state index >= 15 is 0 Å². The Morgan fingerprint density at radius 2 is 2.06 bits per heavy atom. The molecule has 3 rings (SSSR count). The number of nitrogens with zero attached hydrogens (tertiary/aromatic N) is 2. The molecule has 1 aliphatic heterocycles. The fraction of sp³-hybridized carbons (Fsp3) is 0.143. The molecule has 0 atom stereocenters. The van der Waals surface area contributed by atoms with Crippen molar-refractivity contribution in [2.24, 2.45) is 0 Å². The molecule has 4 heteroatoms. The SMILES string of the molecule is O=C1CCc2ccc(Cl)cc2N1c1ccccn1. The molecule has 2 heterocycles. The van der Waals surface area contributed by atoms with Crippen molar-refractivity contribution in [3.63, 3.8) is 0 Å². The van der Waals surface area contributed by atoms with Gasteiger partial charge < -0.3 is 0 Å². The van der Waals surface area contributed by atoms with Crippen molar-refractivity contribution in [1.29, 1.82) is 0 Å². The van der Waals surface area contributed by atoms with Gasteiger partial charge in [-0.25, -0.2) is 4.98 Å². The predicted molar refractivity (Wildman–Crippen MR) is 71.2 cm³/mol. The maximum Gasteiger partial charge on any atom is 0.233 e. The number of amides is 1. The lowest BCUT2D eigenvalue weighted by molar-refractivity contribution is -0.118. The molecular formula is C14H11ClN2O. The first-order valence-electron chi connectivity index (χ1n) is 5.78. The Kier molecular flexibility index (Phi) is 2.76. The molecule has 1 aromatic carbocycles. The molecule has 0 aliphatic carbocycles. The molecule has 1 aromatic heterocycles. The number of hydrogen-bond acceptors (Lipinski definition) is 2. The second-order valence-corrected chi connectivity index (χ2v) is 4.63.